The molecule has 0 aliphatic carbocycles. The van der Waals surface area contributed by atoms with Crippen LogP contribution in [-0.2, 0) is 0 Å². The van der Waals surface area contributed by atoms with Gasteiger partial charge >= 0.3 is 0 Å². The van der Waals surface area contributed by atoms with Gasteiger partial charge in [-0.05, 0) is 58.6 Å². The first-order valence-electron chi connectivity index (χ1n) is 6.23. The standard InChI is InChI=1S/C15H13BrN2S/c16-13-8-14(19-10-13)7-11-3-2-6-18-15(11)12-4-1-5-17-9-12/h1,4-5,7-10H,2-3,6H2/b11-7+. The maximum absolute atomic E-state index is 4.69. The van der Waals surface area contributed by atoms with Gasteiger partial charge in [0, 0.05) is 39.2 Å². The molecular formula is C15H13BrN2S. The van der Waals surface area contributed by atoms with Crippen LogP contribution in [0.5, 0.6) is 0 Å². The molecule has 0 radical (unpaired) electrons. The molecule has 19 heavy (non-hydrogen) atoms. The van der Waals surface area contributed by atoms with Crippen molar-refractivity contribution in [2.75, 3.05) is 6.54 Å². The molecule has 0 saturated carbocycles. The number of rotatable bonds is 2. The Morgan fingerprint density at radius 3 is 3.05 bits per heavy atom. The molecule has 1 aliphatic heterocycles. The van der Waals surface area contributed by atoms with E-state index >= 15 is 0 Å². The smallest absolute Gasteiger partial charge is 0.0694 e. The maximum Gasteiger partial charge on any atom is 0.0694 e. The van der Waals surface area contributed by atoms with Gasteiger partial charge in [-0.3, -0.25) is 9.98 Å². The minimum absolute atomic E-state index is 0.912. The summed E-state index contributed by atoms with van der Waals surface area (Å²) in [7, 11) is 0. The molecular weight excluding hydrogens is 320 g/mol. The number of aliphatic imine (C=N–C) groups is 1. The molecule has 4 heteroatoms. The number of pyridine rings is 1. The van der Waals surface area contributed by atoms with Crippen molar-refractivity contribution in [2.24, 2.45) is 4.99 Å². The van der Waals surface area contributed by atoms with Crippen molar-refractivity contribution in [3.8, 4) is 0 Å². The molecule has 0 N–H and O–H groups in total. The van der Waals surface area contributed by atoms with E-state index in [0.29, 0.717) is 0 Å². The van der Waals surface area contributed by atoms with Gasteiger partial charge in [0.25, 0.3) is 0 Å². The zero-order valence-corrected chi connectivity index (χ0v) is 12.7. The van der Waals surface area contributed by atoms with E-state index < -0.39 is 0 Å². The predicted molar refractivity (Wildman–Crippen MR) is 84.9 cm³/mol. The van der Waals surface area contributed by atoms with Crippen LogP contribution >= 0.6 is 27.3 Å². The van der Waals surface area contributed by atoms with E-state index in [1.165, 1.54) is 10.5 Å². The summed E-state index contributed by atoms with van der Waals surface area (Å²) in [6.07, 6.45) is 8.15. The number of hydrogen-bond donors (Lipinski definition) is 0. The summed E-state index contributed by atoms with van der Waals surface area (Å²) in [6, 6.07) is 6.19. The van der Waals surface area contributed by atoms with E-state index in [2.05, 4.69) is 49.5 Å². The van der Waals surface area contributed by atoms with E-state index in [0.717, 1.165) is 35.1 Å². The molecule has 0 amide bonds. The van der Waals surface area contributed by atoms with Crippen molar-refractivity contribution in [3.05, 3.63) is 56.5 Å². The number of hydrogen-bond acceptors (Lipinski definition) is 3. The van der Waals surface area contributed by atoms with Crippen molar-refractivity contribution >= 4 is 39.1 Å². The van der Waals surface area contributed by atoms with Crippen molar-refractivity contribution < 1.29 is 0 Å². The Hall–Kier alpha value is -1.26. The molecule has 2 aromatic rings. The van der Waals surface area contributed by atoms with E-state index in [9.17, 15) is 0 Å². The van der Waals surface area contributed by atoms with E-state index in [4.69, 9.17) is 0 Å². The number of nitrogens with zero attached hydrogens (tertiary/aromatic N) is 2. The molecule has 0 atom stereocenters. The molecule has 0 spiro atoms. The normalized spacial score (nSPS) is 17.5. The first-order valence-corrected chi connectivity index (χ1v) is 7.90. The van der Waals surface area contributed by atoms with Gasteiger partial charge in [-0.15, -0.1) is 11.3 Å². The first-order chi connectivity index (χ1) is 9.33. The fourth-order valence-electron chi connectivity index (χ4n) is 2.18. The molecule has 96 valence electrons. The van der Waals surface area contributed by atoms with Gasteiger partial charge in [0.15, 0.2) is 0 Å². The third kappa shape index (κ3) is 3.01. The lowest BCUT2D eigenvalue weighted by Gasteiger charge is -2.15. The highest BCUT2D eigenvalue weighted by atomic mass is 79.9. The molecule has 3 heterocycles. The second-order valence-electron chi connectivity index (χ2n) is 4.41. The van der Waals surface area contributed by atoms with Crippen LogP contribution in [0.1, 0.15) is 23.3 Å². The summed E-state index contributed by atoms with van der Waals surface area (Å²) in [5.41, 5.74) is 3.53. The van der Waals surface area contributed by atoms with E-state index in [1.807, 2.05) is 12.3 Å². The second kappa shape index (κ2) is 5.80. The number of halogens is 1. The monoisotopic (exact) mass is 332 g/mol. The van der Waals surface area contributed by atoms with Crippen LogP contribution in [0, 0.1) is 0 Å². The Morgan fingerprint density at radius 1 is 1.37 bits per heavy atom. The average molecular weight is 333 g/mol. The molecule has 2 aromatic heterocycles. The Bertz CT molecular complexity index is 629. The average Bonchev–Trinajstić information content (AvgIpc) is 2.86. The topological polar surface area (TPSA) is 25.2 Å². The highest BCUT2D eigenvalue weighted by Crippen LogP contribution is 2.26. The molecule has 2 nitrogen and oxygen atoms in total. The van der Waals surface area contributed by atoms with E-state index in [1.54, 1.807) is 17.5 Å². The quantitative estimate of drug-likeness (QED) is 0.790. The lowest BCUT2D eigenvalue weighted by molar-refractivity contribution is 0.818. The Kier molecular flexibility index (Phi) is 3.89. The molecule has 0 aromatic carbocycles. The molecule has 0 unspecified atom stereocenters. The minimum atomic E-state index is 0.912. The van der Waals surface area contributed by atoms with Gasteiger partial charge in [0.2, 0.25) is 0 Å². The lowest BCUT2D eigenvalue weighted by atomic mass is 9.96. The highest BCUT2D eigenvalue weighted by molar-refractivity contribution is 9.10. The molecule has 0 saturated heterocycles. The third-order valence-electron chi connectivity index (χ3n) is 3.02. The van der Waals surface area contributed by atoms with Crippen LogP contribution in [-0.4, -0.2) is 17.2 Å². The summed E-state index contributed by atoms with van der Waals surface area (Å²) < 4.78 is 1.14. The van der Waals surface area contributed by atoms with Crippen LogP contribution in [0.2, 0.25) is 0 Å². The summed E-state index contributed by atoms with van der Waals surface area (Å²) in [6.45, 7) is 0.912. The van der Waals surface area contributed by atoms with Gasteiger partial charge in [0.05, 0.1) is 5.71 Å². The van der Waals surface area contributed by atoms with Crippen LogP contribution < -0.4 is 0 Å². The van der Waals surface area contributed by atoms with E-state index in [-0.39, 0.29) is 0 Å². The predicted octanol–water partition coefficient (Wildman–Crippen LogP) is 4.57. The Balaban J connectivity index is 1.98. The van der Waals surface area contributed by atoms with Gasteiger partial charge in [0.1, 0.15) is 0 Å². The summed E-state index contributed by atoms with van der Waals surface area (Å²) in [5, 5.41) is 2.11. The van der Waals surface area contributed by atoms with Gasteiger partial charge in [-0.1, -0.05) is 0 Å². The molecule has 3 rings (SSSR count). The highest BCUT2D eigenvalue weighted by Gasteiger charge is 2.14. The zero-order chi connectivity index (χ0) is 13.1. The van der Waals surface area contributed by atoms with Gasteiger partial charge in [-0.2, -0.15) is 0 Å². The number of thiophene rings is 1. The van der Waals surface area contributed by atoms with Gasteiger partial charge in [-0.25, -0.2) is 0 Å². The molecule has 1 aliphatic rings. The van der Waals surface area contributed by atoms with Crippen LogP contribution in [0.25, 0.3) is 6.08 Å². The van der Waals surface area contributed by atoms with Crippen molar-refractivity contribution in [1.29, 1.82) is 0 Å². The Morgan fingerprint density at radius 2 is 2.32 bits per heavy atom. The van der Waals surface area contributed by atoms with Crippen molar-refractivity contribution in [1.82, 2.24) is 4.98 Å². The third-order valence-corrected chi connectivity index (χ3v) is 4.66. The Labute approximate surface area is 125 Å². The largest absolute Gasteiger partial charge is 0.284 e. The number of allylic oxidation sites excluding steroid dienone is 1. The number of aromatic nitrogens is 1. The molecule has 0 fully saturated rings. The second-order valence-corrected chi connectivity index (χ2v) is 6.27. The van der Waals surface area contributed by atoms with Crippen molar-refractivity contribution in [3.63, 3.8) is 0 Å². The minimum Gasteiger partial charge on any atom is -0.284 e. The maximum atomic E-state index is 4.69. The SMILES string of the molecule is Brc1csc(/C=C2\CCCN=C2c2cccnc2)c1. The van der Waals surface area contributed by atoms with Crippen molar-refractivity contribution in [2.45, 2.75) is 12.8 Å². The fourth-order valence-corrected chi connectivity index (χ4v) is 3.58. The summed E-state index contributed by atoms with van der Waals surface area (Å²) in [5.74, 6) is 0. The van der Waals surface area contributed by atoms with Crippen LogP contribution in [0.15, 0.2) is 51.0 Å². The molecule has 0 bridgehead atoms. The summed E-state index contributed by atoms with van der Waals surface area (Å²) in [4.78, 5) is 10.1. The zero-order valence-electron chi connectivity index (χ0n) is 10.3. The fraction of sp³-hybridized carbons (Fsp3) is 0.200. The lowest BCUT2D eigenvalue weighted by Crippen LogP contribution is -2.11. The summed E-state index contributed by atoms with van der Waals surface area (Å²) >= 11 is 5.24. The first kappa shape index (κ1) is 12.8. The van der Waals surface area contributed by atoms with Gasteiger partial charge < -0.3 is 0 Å². The van der Waals surface area contributed by atoms with Crippen LogP contribution in [0.4, 0.5) is 0 Å². The van der Waals surface area contributed by atoms with Crippen LogP contribution in [0.3, 0.4) is 0 Å².